The predicted octanol–water partition coefficient (Wildman–Crippen LogP) is 1.33. The van der Waals surface area contributed by atoms with Crippen LogP contribution in [0.1, 0.15) is 30.0 Å². The van der Waals surface area contributed by atoms with Crippen LogP contribution in [0.25, 0.3) is 5.65 Å². The lowest BCUT2D eigenvalue weighted by Crippen LogP contribution is -2.30. The van der Waals surface area contributed by atoms with E-state index in [2.05, 4.69) is 16.5 Å². The first-order valence-electron chi connectivity index (χ1n) is 7.82. The normalized spacial score (nSPS) is 18.5. The minimum absolute atomic E-state index is 0.0767. The highest BCUT2D eigenvalue weighted by Gasteiger charge is 2.36. The fraction of sp³-hybridized carbons (Fsp3) is 0.438. The number of pyridine rings is 1. The molecule has 0 bridgehead atoms. The number of amides is 3. The van der Waals surface area contributed by atoms with Gasteiger partial charge in [-0.05, 0) is 37.4 Å². The molecule has 0 unspecified atom stereocenters. The molecule has 2 aromatic rings. The third kappa shape index (κ3) is 2.28. The number of nitrogens with zero attached hydrogens (tertiary/aromatic N) is 4. The van der Waals surface area contributed by atoms with Crippen molar-refractivity contribution in [2.45, 2.75) is 25.3 Å². The third-order valence-corrected chi connectivity index (χ3v) is 4.49. The topological polar surface area (TPSA) is 70.0 Å². The van der Waals surface area contributed by atoms with E-state index in [1.165, 1.54) is 30.4 Å². The Hall–Kier alpha value is -2.41. The number of imide groups is 1. The van der Waals surface area contributed by atoms with Crippen LogP contribution in [0.15, 0.2) is 18.5 Å². The van der Waals surface area contributed by atoms with E-state index in [1.807, 2.05) is 23.7 Å². The summed E-state index contributed by atoms with van der Waals surface area (Å²) in [4.78, 5) is 31.6. The number of imidazole rings is 1. The molecule has 0 atom stereocenters. The van der Waals surface area contributed by atoms with Gasteiger partial charge in [0.05, 0.1) is 11.4 Å². The molecule has 7 nitrogen and oxygen atoms in total. The van der Waals surface area contributed by atoms with Crippen LogP contribution in [0.2, 0.25) is 0 Å². The highest BCUT2D eigenvalue weighted by Crippen LogP contribution is 2.42. The quantitative estimate of drug-likeness (QED) is 0.865. The zero-order valence-corrected chi connectivity index (χ0v) is 13.2. The Morgan fingerprint density at radius 1 is 1.30 bits per heavy atom. The van der Waals surface area contributed by atoms with Gasteiger partial charge >= 0.3 is 6.03 Å². The lowest BCUT2D eigenvalue weighted by molar-refractivity contribution is -0.123. The number of urea groups is 1. The van der Waals surface area contributed by atoms with Crippen LogP contribution in [0.3, 0.4) is 0 Å². The van der Waals surface area contributed by atoms with Gasteiger partial charge in [-0.3, -0.25) is 14.6 Å². The summed E-state index contributed by atoms with van der Waals surface area (Å²) in [5.41, 5.74) is 3.55. The van der Waals surface area contributed by atoms with Crippen LogP contribution in [0.5, 0.6) is 0 Å². The summed E-state index contributed by atoms with van der Waals surface area (Å²) in [6.07, 6.45) is 6.42. The molecule has 2 aliphatic rings. The number of aromatic nitrogens is 2. The monoisotopic (exact) mass is 313 g/mol. The van der Waals surface area contributed by atoms with Crippen molar-refractivity contribution in [1.82, 2.24) is 19.6 Å². The molecule has 120 valence electrons. The molecule has 1 N–H and O–H groups in total. The molecular weight excluding hydrogens is 294 g/mol. The van der Waals surface area contributed by atoms with E-state index in [0.717, 1.165) is 21.9 Å². The maximum atomic E-state index is 12.4. The molecule has 7 heteroatoms. The van der Waals surface area contributed by atoms with E-state index in [9.17, 15) is 9.59 Å². The van der Waals surface area contributed by atoms with Crippen molar-refractivity contribution in [3.8, 4) is 0 Å². The molecule has 0 aromatic carbocycles. The first-order valence-corrected chi connectivity index (χ1v) is 7.82. The molecule has 0 spiro atoms. The molecule has 2 fully saturated rings. The molecule has 3 heterocycles. The van der Waals surface area contributed by atoms with Crippen molar-refractivity contribution < 1.29 is 9.59 Å². The van der Waals surface area contributed by atoms with E-state index in [1.54, 1.807) is 0 Å². The van der Waals surface area contributed by atoms with Crippen LogP contribution in [-0.2, 0) is 11.3 Å². The van der Waals surface area contributed by atoms with Crippen molar-refractivity contribution in [2.24, 2.45) is 0 Å². The molecule has 1 aliphatic heterocycles. The third-order valence-electron chi connectivity index (χ3n) is 4.49. The largest absolute Gasteiger partial charge is 0.331 e. The average Bonchev–Trinajstić information content (AvgIpc) is 3.25. The zero-order chi connectivity index (χ0) is 16.1. The minimum atomic E-state index is -0.289. The summed E-state index contributed by atoms with van der Waals surface area (Å²) in [6.45, 7) is 0.736. The van der Waals surface area contributed by atoms with Gasteiger partial charge in [0.25, 0.3) is 0 Å². The molecule has 1 saturated heterocycles. The first-order chi connectivity index (χ1) is 11.1. The van der Waals surface area contributed by atoms with E-state index < -0.39 is 0 Å². The molecular formula is C16H19N5O2. The van der Waals surface area contributed by atoms with Gasteiger partial charge in [-0.15, -0.1) is 0 Å². The van der Waals surface area contributed by atoms with E-state index in [0.29, 0.717) is 12.5 Å². The van der Waals surface area contributed by atoms with Gasteiger partial charge in [0.1, 0.15) is 6.54 Å². The summed E-state index contributed by atoms with van der Waals surface area (Å²) >= 11 is 0. The number of nitrogens with one attached hydrogen (secondary N) is 1. The molecule has 23 heavy (non-hydrogen) atoms. The molecule has 1 saturated carbocycles. The summed E-state index contributed by atoms with van der Waals surface area (Å²) in [5, 5.41) is 3.09. The Morgan fingerprint density at radius 3 is 2.70 bits per heavy atom. The fourth-order valence-electron chi connectivity index (χ4n) is 3.04. The second-order valence-electron chi connectivity index (χ2n) is 6.25. The lowest BCUT2D eigenvalue weighted by atomic mass is 10.1. The smallest absolute Gasteiger partial charge is 0.314 e. The zero-order valence-electron chi connectivity index (χ0n) is 13.2. The maximum Gasteiger partial charge on any atom is 0.331 e. The van der Waals surface area contributed by atoms with Crippen LogP contribution in [0.4, 0.5) is 10.5 Å². The summed E-state index contributed by atoms with van der Waals surface area (Å²) in [5.74, 6) is 0.367. The van der Waals surface area contributed by atoms with Gasteiger partial charge in [-0.2, -0.15) is 0 Å². The van der Waals surface area contributed by atoms with Crippen LogP contribution >= 0.6 is 0 Å². The Kier molecular flexibility index (Phi) is 3.12. The van der Waals surface area contributed by atoms with Gasteiger partial charge in [-0.25, -0.2) is 9.78 Å². The Bertz CT molecular complexity index is 808. The Balaban J connectivity index is 1.86. The number of anilines is 1. The number of hydrogen-bond acceptors (Lipinski definition) is 4. The number of carbonyl (C=O) groups is 2. The highest BCUT2D eigenvalue weighted by molar-refractivity contribution is 6.13. The molecule has 0 radical (unpaired) electrons. The number of hydrogen-bond donors (Lipinski definition) is 1. The average molecular weight is 313 g/mol. The van der Waals surface area contributed by atoms with Crippen molar-refractivity contribution >= 4 is 23.3 Å². The first kappa shape index (κ1) is 14.2. The van der Waals surface area contributed by atoms with E-state index in [-0.39, 0.29) is 18.5 Å². The number of likely N-dealkylation sites (N-methyl/N-ethyl adjacent to an activating group) is 1. The van der Waals surface area contributed by atoms with Crippen LogP contribution < -0.4 is 10.2 Å². The van der Waals surface area contributed by atoms with Gasteiger partial charge in [-0.1, -0.05) is 0 Å². The maximum absolute atomic E-state index is 12.4. The number of rotatable bonds is 4. The standard InChI is InChI=1S/C16H19N5O2/c1-17-6-12-8-20-7-11(10-3-4-10)5-13(15(20)18-12)21-9-14(22)19(2)16(21)23/h5,7-8,10,17H,3-4,6,9H2,1-2H3. The molecule has 3 amide bonds. The second-order valence-corrected chi connectivity index (χ2v) is 6.25. The van der Waals surface area contributed by atoms with Crippen LogP contribution in [0, 0.1) is 0 Å². The summed E-state index contributed by atoms with van der Waals surface area (Å²) in [6, 6.07) is 1.73. The fourth-order valence-corrected chi connectivity index (χ4v) is 3.04. The van der Waals surface area contributed by atoms with Gasteiger partial charge in [0.15, 0.2) is 5.65 Å². The Morgan fingerprint density at radius 2 is 2.09 bits per heavy atom. The summed E-state index contributed by atoms with van der Waals surface area (Å²) in [7, 11) is 3.39. The number of fused-ring (bicyclic) bond motifs is 1. The SMILES string of the molecule is CNCc1cn2cc(C3CC3)cc(N3CC(=O)N(C)C3=O)c2n1. The summed E-state index contributed by atoms with van der Waals surface area (Å²) < 4.78 is 1.98. The highest BCUT2D eigenvalue weighted by atomic mass is 16.2. The van der Waals surface area contributed by atoms with E-state index >= 15 is 0 Å². The minimum Gasteiger partial charge on any atom is -0.314 e. The van der Waals surface area contributed by atoms with Crippen molar-refractivity contribution in [1.29, 1.82) is 0 Å². The molecule has 2 aromatic heterocycles. The number of carbonyl (C=O) groups excluding carboxylic acids is 2. The predicted molar refractivity (Wildman–Crippen MR) is 85.4 cm³/mol. The molecule has 1 aliphatic carbocycles. The Labute approximate surface area is 133 Å². The van der Waals surface area contributed by atoms with Gasteiger partial charge in [0, 0.05) is 26.0 Å². The lowest BCUT2D eigenvalue weighted by Gasteiger charge is -2.17. The van der Waals surface area contributed by atoms with Gasteiger partial charge < -0.3 is 9.72 Å². The molecule has 4 rings (SSSR count). The van der Waals surface area contributed by atoms with Crippen molar-refractivity contribution in [3.05, 3.63) is 29.7 Å². The van der Waals surface area contributed by atoms with Crippen molar-refractivity contribution in [2.75, 3.05) is 25.5 Å². The van der Waals surface area contributed by atoms with Gasteiger partial charge in [0.2, 0.25) is 5.91 Å². The van der Waals surface area contributed by atoms with E-state index in [4.69, 9.17) is 0 Å². The van der Waals surface area contributed by atoms with Crippen molar-refractivity contribution in [3.63, 3.8) is 0 Å². The van der Waals surface area contributed by atoms with Crippen LogP contribution in [-0.4, -0.2) is 46.9 Å². The second kappa shape index (κ2) is 5.06.